The zero-order chi connectivity index (χ0) is 16.5. The number of hydrogen-bond donors (Lipinski definition) is 2. The minimum Gasteiger partial charge on any atom is -0.385 e. The lowest BCUT2D eigenvalue weighted by Crippen LogP contribution is -2.10. The summed E-state index contributed by atoms with van der Waals surface area (Å²) in [6.07, 6.45) is 0.439. The van der Waals surface area contributed by atoms with E-state index in [2.05, 4.69) is 73.9 Å². The molecule has 0 saturated carbocycles. The monoisotopic (exact) mass is 319 g/mol. The molecule has 120 valence electrons. The first-order chi connectivity index (χ1) is 11.8. The zero-order valence-corrected chi connectivity index (χ0v) is 13.3. The van der Waals surface area contributed by atoms with Crippen molar-refractivity contribution in [2.75, 3.05) is 5.43 Å². The third-order valence-electron chi connectivity index (χ3n) is 4.07. The van der Waals surface area contributed by atoms with Crippen LogP contribution in [0, 0.1) is 0 Å². The third-order valence-corrected chi connectivity index (χ3v) is 4.07. The number of anilines is 1. The highest BCUT2D eigenvalue weighted by molar-refractivity contribution is 6.09. The molecule has 1 aromatic heterocycles. The zero-order valence-electron chi connectivity index (χ0n) is 13.3. The van der Waals surface area contributed by atoms with Crippen molar-refractivity contribution >= 4 is 39.2 Å². The van der Waals surface area contributed by atoms with Crippen LogP contribution in [0.2, 0.25) is 0 Å². The Bertz CT molecular complexity index is 1010. The maximum Gasteiger partial charge on any atom is 0.182 e. The molecule has 0 radical (unpaired) electrons. The molecule has 0 unspecified atom stereocenters. The van der Waals surface area contributed by atoms with Crippen LogP contribution in [-0.4, -0.2) is 16.2 Å². The molecule has 0 bridgehead atoms. The van der Waals surface area contributed by atoms with Crippen LogP contribution >= 0.6 is 0 Å². The Hall–Kier alpha value is -3.22. The summed E-state index contributed by atoms with van der Waals surface area (Å²) < 4.78 is 2.31. The fraction of sp³-hybridized carbons (Fsp3) is 0.176. The predicted octanol–water partition coefficient (Wildman–Crippen LogP) is 3.67. The van der Waals surface area contributed by atoms with Gasteiger partial charge >= 0.3 is 0 Å². The first-order valence-corrected chi connectivity index (χ1v) is 7.83. The van der Waals surface area contributed by atoms with Gasteiger partial charge in [-0.15, -0.1) is 15.3 Å². The summed E-state index contributed by atoms with van der Waals surface area (Å²) in [5, 5.41) is 18.0. The number of nitrogens with two attached hydrogens (primary N) is 1. The van der Waals surface area contributed by atoms with E-state index in [9.17, 15) is 0 Å². The lowest BCUT2D eigenvalue weighted by molar-refractivity contribution is 0.827. The maximum absolute atomic E-state index is 5.55. The summed E-state index contributed by atoms with van der Waals surface area (Å²) in [6.45, 7) is 3.08. The van der Waals surface area contributed by atoms with Gasteiger partial charge in [0.15, 0.2) is 5.84 Å². The molecule has 3 aromatic rings. The van der Waals surface area contributed by atoms with Gasteiger partial charge in [0.2, 0.25) is 0 Å². The van der Waals surface area contributed by atoms with Gasteiger partial charge in [-0.1, -0.05) is 23.4 Å². The van der Waals surface area contributed by atoms with Gasteiger partial charge < -0.3 is 10.3 Å². The van der Waals surface area contributed by atoms with E-state index in [4.69, 9.17) is 5.73 Å². The molecule has 2 aromatic carbocycles. The second-order valence-corrected chi connectivity index (χ2v) is 5.59. The van der Waals surface area contributed by atoms with Crippen LogP contribution in [-0.2, 0) is 6.54 Å². The quantitative estimate of drug-likeness (QED) is 0.569. The van der Waals surface area contributed by atoms with Crippen LogP contribution in [0.5, 0.6) is 0 Å². The Labute approximate surface area is 138 Å². The highest BCUT2D eigenvalue weighted by Crippen LogP contribution is 2.30. The van der Waals surface area contributed by atoms with E-state index >= 15 is 0 Å². The molecule has 24 heavy (non-hydrogen) atoms. The van der Waals surface area contributed by atoms with Gasteiger partial charge in [-0.25, -0.2) is 0 Å². The van der Waals surface area contributed by atoms with Crippen molar-refractivity contribution in [2.24, 2.45) is 26.3 Å². The molecule has 0 fully saturated rings. The topological polar surface area (TPSA) is 92.4 Å². The average molecular weight is 319 g/mol. The lowest BCUT2D eigenvalue weighted by atomic mass is 10.1. The first kappa shape index (κ1) is 14.4. The predicted molar refractivity (Wildman–Crippen MR) is 97.3 cm³/mol. The van der Waals surface area contributed by atoms with Gasteiger partial charge in [-0.05, 0) is 31.2 Å². The van der Waals surface area contributed by atoms with Crippen LogP contribution < -0.4 is 11.2 Å². The highest BCUT2D eigenvalue weighted by Gasteiger charge is 2.10. The minimum atomic E-state index is 0.439. The van der Waals surface area contributed by atoms with Crippen molar-refractivity contribution in [2.45, 2.75) is 19.9 Å². The number of para-hydroxylation sites is 1. The van der Waals surface area contributed by atoms with Crippen molar-refractivity contribution in [1.29, 1.82) is 0 Å². The van der Waals surface area contributed by atoms with Gasteiger partial charge in [0.05, 0.1) is 12.1 Å². The van der Waals surface area contributed by atoms with E-state index < -0.39 is 0 Å². The molecule has 1 aliphatic heterocycles. The summed E-state index contributed by atoms with van der Waals surface area (Å²) in [5.74, 6) is 0.960. The Morgan fingerprint density at radius 3 is 2.75 bits per heavy atom. The van der Waals surface area contributed by atoms with Crippen molar-refractivity contribution in [3.05, 3.63) is 42.5 Å². The van der Waals surface area contributed by atoms with E-state index in [0.717, 1.165) is 12.2 Å². The largest absolute Gasteiger partial charge is 0.385 e. The van der Waals surface area contributed by atoms with Crippen molar-refractivity contribution < 1.29 is 0 Å². The fourth-order valence-electron chi connectivity index (χ4n) is 3.01. The molecule has 0 saturated heterocycles. The van der Waals surface area contributed by atoms with Crippen molar-refractivity contribution in [1.82, 2.24) is 4.57 Å². The number of aryl methyl sites for hydroxylation is 1. The van der Waals surface area contributed by atoms with Crippen LogP contribution in [0.3, 0.4) is 0 Å². The average Bonchev–Trinajstić information content (AvgIpc) is 3.15. The molecule has 0 spiro atoms. The number of nitrogens with zero attached hydrogens (tertiary/aromatic N) is 5. The van der Waals surface area contributed by atoms with E-state index in [1.807, 2.05) is 6.07 Å². The number of benzene rings is 2. The summed E-state index contributed by atoms with van der Waals surface area (Å²) in [7, 11) is 0. The highest BCUT2D eigenvalue weighted by atomic mass is 15.4. The van der Waals surface area contributed by atoms with Crippen molar-refractivity contribution in [3.8, 4) is 0 Å². The molecule has 0 atom stereocenters. The Kier molecular flexibility index (Phi) is 3.45. The Morgan fingerprint density at radius 2 is 1.96 bits per heavy atom. The van der Waals surface area contributed by atoms with Gasteiger partial charge in [-0.2, -0.15) is 0 Å². The second-order valence-electron chi connectivity index (χ2n) is 5.59. The molecule has 7 heteroatoms. The maximum atomic E-state index is 5.55. The number of nitrogens with one attached hydrogen (secondary N) is 1. The molecule has 7 nitrogen and oxygen atoms in total. The third kappa shape index (κ3) is 2.40. The van der Waals surface area contributed by atoms with Gasteiger partial charge in [0.25, 0.3) is 0 Å². The van der Waals surface area contributed by atoms with Crippen LogP contribution in [0.4, 0.5) is 5.69 Å². The molecular formula is C17H17N7. The summed E-state index contributed by atoms with van der Waals surface area (Å²) in [4.78, 5) is 0. The molecule has 4 rings (SSSR count). The van der Waals surface area contributed by atoms with Gasteiger partial charge in [0, 0.05) is 28.4 Å². The number of aromatic nitrogens is 1. The molecule has 1 aliphatic rings. The Morgan fingerprint density at radius 1 is 1.12 bits per heavy atom. The molecule has 0 aliphatic carbocycles. The second kappa shape index (κ2) is 5.77. The summed E-state index contributed by atoms with van der Waals surface area (Å²) in [6, 6.07) is 14.6. The van der Waals surface area contributed by atoms with E-state index in [0.29, 0.717) is 18.1 Å². The summed E-state index contributed by atoms with van der Waals surface area (Å²) in [5.41, 5.74) is 11.8. The molecular weight excluding hydrogens is 302 g/mol. The van der Waals surface area contributed by atoms with E-state index in [1.165, 1.54) is 21.8 Å². The minimum absolute atomic E-state index is 0.439. The molecule has 0 amide bonds. The molecule has 3 N–H and O–H groups in total. The fourth-order valence-corrected chi connectivity index (χ4v) is 3.01. The van der Waals surface area contributed by atoms with Crippen molar-refractivity contribution in [3.63, 3.8) is 0 Å². The van der Waals surface area contributed by atoms with E-state index in [-0.39, 0.29) is 0 Å². The smallest absolute Gasteiger partial charge is 0.182 e. The van der Waals surface area contributed by atoms with Crippen LogP contribution in [0.1, 0.15) is 13.3 Å². The SMILES string of the molecule is CCn1c2ccccc2c2cc(NN=NC3=NN=C(N)C3)ccc21. The number of fused-ring (bicyclic) bond motifs is 3. The van der Waals surface area contributed by atoms with Gasteiger partial charge in [0.1, 0.15) is 5.84 Å². The lowest BCUT2D eigenvalue weighted by Gasteiger charge is -2.03. The van der Waals surface area contributed by atoms with Gasteiger partial charge in [-0.3, -0.25) is 5.43 Å². The van der Waals surface area contributed by atoms with Crippen LogP contribution in [0.25, 0.3) is 21.8 Å². The Balaban J connectivity index is 1.66. The number of amidine groups is 2. The van der Waals surface area contributed by atoms with E-state index in [1.54, 1.807) is 0 Å². The molecule has 2 heterocycles. The van der Waals surface area contributed by atoms with Crippen LogP contribution in [0.15, 0.2) is 63.0 Å². The normalized spacial score (nSPS) is 14.5. The number of hydrogen-bond acceptors (Lipinski definition) is 5. The standard InChI is InChI=1S/C17H17N7/c1-2-24-14-6-4-3-5-12(14)13-9-11(7-8-15(13)24)19-23-22-17-10-16(18)20-21-17/h3-9H,2,10H2,1H3,(H2,18,20)(H,19,21,22). The first-order valence-electron chi connectivity index (χ1n) is 7.83. The number of rotatable bonds is 3. The summed E-state index contributed by atoms with van der Waals surface area (Å²) >= 11 is 0.